The number of sulfonamides is 1. The number of alkyl halides is 3. The summed E-state index contributed by atoms with van der Waals surface area (Å²) in [5.74, 6) is 0.566. The van der Waals surface area contributed by atoms with E-state index in [1.165, 1.54) is 31.4 Å². The van der Waals surface area contributed by atoms with Gasteiger partial charge in [0.1, 0.15) is 11.5 Å². The molecule has 0 saturated heterocycles. The van der Waals surface area contributed by atoms with Gasteiger partial charge in [0.15, 0.2) is 6.10 Å². The van der Waals surface area contributed by atoms with Gasteiger partial charge < -0.3 is 14.8 Å². The van der Waals surface area contributed by atoms with Crippen molar-refractivity contribution in [3.05, 3.63) is 77.3 Å². The van der Waals surface area contributed by atoms with Crippen molar-refractivity contribution >= 4 is 38.9 Å². The third-order valence-electron chi connectivity index (χ3n) is 4.94. The zero-order valence-electron chi connectivity index (χ0n) is 19.1. The van der Waals surface area contributed by atoms with Crippen molar-refractivity contribution in [2.45, 2.75) is 30.5 Å². The van der Waals surface area contributed by atoms with Crippen LogP contribution in [-0.2, 0) is 21.0 Å². The van der Waals surface area contributed by atoms with Crippen molar-refractivity contribution in [3.63, 3.8) is 0 Å². The standard InChI is InChI=1S/C24H22ClF3N2O5S/c1-3-22(35-18-6-4-5-17(14-18)34-2)23(31)29-15-7-10-19(11-8-15)36(32,33)30-16-9-12-21(25)20(13-16)24(26,27)28/h4-14,22,30H,3H2,1-2H3,(H,29,31)/t22-/m1/s1. The molecule has 192 valence electrons. The third-order valence-corrected chi connectivity index (χ3v) is 6.67. The van der Waals surface area contributed by atoms with E-state index in [0.29, 0.717) is 29.7 Å². The Kier molecular flexibility index (Phi) is 8.36. The average Bonchev–Trinajstić information content (AvgIpc) is 2.83. The molecule has 3 aromatic carbocycles. The van der Waals surface area contributed by atoms with Crippen molar-refractivity contribution in [2.75, 3.05) is 17.1 Å². The van der Waals surface area contributed by atoms with E-state index in [-0.39, 0.29) is 10.6 Å². The van der Waals surface area contributed by atoms with Crippen LogP contribution in [0.1, 0.15) is 18.9 Å². The number of hydrogen-bond acceptors (Lipinski definition) is 5. The van der Waals surface area contributed by atoms with Gasteiger partial charge in [-0.3, -0.25) is 9.52 Å². The summed E-state index contributed by atoms with van der Waals surface area (Å²) in [5.41, 5.74) is -1.16. The van der Waals surface area contributed by atoms with Gasteiger partial charge in [-0.05, 0) is 61.0 Å². The summed E-state index contributed by atoms with van der Waals surface area (Å²) >= 11 is 5.57. The van der Waals surface area contributed by atoms with Crippen LogP contribution >= 0.6 is 11.6 Å². The minimum absolute atomic E-state index is 0.219. The fourth-order valence-corrected chi connectivity index (χ4v) is 4.40. The number of methoxy groups -OCH3 is 1. The lowest BCUT2D eigenvalue weighted by Crippen LogP contribution is -2.32. The average molecular weight is 543 g/mol. The number of nitrogens with one attached hydrogen (secondary N) is 2. The number of benzene rings is 3. The van der Waals surface area contributed by atoms with E-state index in [2.05, 4.69) is 10.0 Å². The summed E-state index contributed by atoms with van der Waals surface area (Å²) in [5, 5.41) is 2.10. The number of ether oxygens (including phenoxy) is 2. The van der Waals surface area contributed by atoms with E-state index in [0.717, 1.165) is 12.1 Å². The number of amides is 1. The molecule has 0 aliphatic rings. The summed E-state index contributed by atoms with van der Waals surface area (Å²) in [6.07, 6.45) is -5.21. The molecule has 0 aromatic heterocycles. The number of hydrogen-bond donors (Lipinski definition) is 2. The zero-order chi connectivity index (χ0) is 26.5. The van der Waals surface area contributed by atoms with Gasteiger partial charge in [0.05, 0.1) is 22.6 Å². The van der Waals surface area contributed by atoms with Crippen LogP contribution in [0.25, 0.3) is 0 Å². The van der Waals surface area contributed by atoms with Gasteiger partial charge in [0, 0.05) is 17.4 Å². The second-order valence-corrected chi connectivity index (χ2v) is 9.59. The van der Waals surface area contributed by atoms with Crippen LogP contribution in [0.3, 0.4) is 0 Å². The van der Waals surface area contributed by atoms with Gasteiger partial charge >= 0.3 is 6.18 Å². The second-order valence-electron chi connectivity index (χ2n) is 7.51. The van der Waals surface area contributed by atoms with E-state index in [1.54, 1.807) is 31.2 Å². The molecule has 0 radical (unpaired) electrons. The second kappa shape index (κ2) is 11.1. The fourth-order valence-electron chi connectivity index (χ4n) is 3.12. The fraction of sp³-hybridized carbons (Fsp3) is 0.208. The largest absolute Gasteiger partial charge is 0.497 e. The van der Waals surface area contributed by atoms with Gasteiger partial charge in [-0.15, -0.1) is 0 Å². The van der Waals surface area contributed by atoms with E-state index >= 15 is 0 Å². The van der Waals surface area contributed by atoms with Gasteiger partial charge in [-0.2, -0.15) is 13.2 Å². The summed E-state index contributed by atoms with van der Waals surface area (Å²) in [6, 6.07) is 14.6. The maximum atomic E-state index is 13.1. The number of halogens is 4. The first kappa shape index (κ1) is 27.2. The normalized spacial score (nSPS) is 12.5. The summed E-state index contributed by atoms with van der Waals surface area (Å²) in [6.45, 7) is 1.77. The lowest BCUT2D eigenvalue weighted by atomic mass is 10.2. The molecule has 0 fully saturated rings. The molecule has 36 heavy (non-hydrogen) atoms. The van der Waals surface area contributed by atoms with Crippen molar-refractivity contribution in [3.8, 4) is 11.5 Å². The third kappa shape index (κ3) is 6.82. The molecule has 0 aliphatic carbocycles. The number of carbonyl (C=O) groups excluding carboxylic acids is 1. The van der Waals surface area contributed by atoms with Crippen LogP contribution in [0.4, 0.5) is 24.5 Å². The van der Waals surface area contributed by atoms with Gasteiger partial charge in [0.2, 0.25) is 0 Å². The number of carbonyl (C=O) groups is 1. The Labute approximate surface area is 211 Å². The zero-order valence-corrected chi connectivity index (χ0v) is 20.7. The minimum Gasteiger partial charge on any atom is -0.497 e. The van der Waals surface area contributed by atoms with Crippen LogP contribution in [0, 0.1) is 0 Å². The Bertz CT molecular complexity index is 1330. The first-order chi connectivity index (χ1) is 16.9. The van der Waals surface area contributed by atoms with Gasteiger partial charge in [-0.25, -0.2) is 8.42 Å². The molecule has 0 aliphatic heterocycles. The van der Waals surface area contributed by atoms with E-state index in [4.69, 9.17) is 21.1 Å². The lowest BCUT2D eigenvalue weighted by Gasteiger charge is -2.18. The molecular formula is C24H22ClF3N2O5S. The van der Waals surface area contributed by atoms with Gasteiger partial charge in [0.25, 0.3) is 15.9 Å². The summed E-state index contributed by atoms with van der Waals surface area (Å²) < 4.78 is 77.5. The van der Waals surface area contributed by atoms with Crippen LogP contribution in [0.15, 0.2) is 71.6 Å². The first-order valence-electron chi connectivity index (χ1n) is 10.5. The number of rotatable bonds is 9. The monoisotopic (exact) mass is 542 g/mol. The minimum atomic E-state index is -4.75. The molecule has 3 rings (SSSR count). The molecule has 0 spiro atoms. The molecule has 3 aromatic rings. The summed E-state index contributed by atoms with van der Waals surface area (Å²) in [4.78, 5) is 12.4. The van der Waals surface area contributed by atoms with Crippen molar-refractivity contribution in [2.24, 2.45) is 0 Å². The quantitative estimate of drug-likeness (QED) is 0.348. The van der Waals surface area contributed by atoms with E-state index in [1.807, 2.05) is 0 Å². The molecule has 0 bridgehead atoms. The van der Waals surface area contributed by atoms with Crippen LogP contribution in [0.2, 0.25) is 5.02 Å². The topological polar surface area (TPSA) is 93.7 Å². The Hall–Kier alpha value is -3.44. The molecule has 0 heterocycles. The smallest absolute Gasteiger partial charge is 0.417 e. The van der Waals surface area contributed by atoms with Crippen molar-refractivity contribution in [1.82, 2.24) is 0 Å². The highest BCUT2D eigenvalue weighted by molar-refractivity contribution is 7.92. The van der Waals surface area contributed by atoms with E-state index in [9.17, 15) is 26.4 Å². The molecule has 0 saturated carbocycles. The molecule has 1 amide bonds. The highest BCUT2D eigenvalue weighted by Crippen LogP contribution is 2.36. The van der Waals surface area contributed by atoms with Crippen LogP contribution in [0.5, 0.6) is 11.5 Å². The molecule has 1 atom stereocenters. The van der Waals surface area contributed by atoms with E-state index < -0.39 is 38.8 Å². The van der Waals surface area contributed by atoms with Crippen LogP contribution < -0.4 is 19.5 Å². The van der Waals surface area contributed by atoms with Crippen molar-refractivity contribution in [1.29, 1.82) is 0 Å². The Balaban J connectivity index is 1.69. The molecular weight excluding hydrogens is 521 g/mol. The first-order valence-corrected chi connectivity index (χ1v) is 12.4. The molecule has 7 nitrogen and oxygen atoms in total. The Morgan fingerprint density at radius 1 is 1.00 bits per heavy atom. The molecule has 12 heteroatoms. The SMILES string of the molecule is CC[C@@H](Oc1cccc(OC)c1)C(=O)Nc1ccc(S(=O)(=O)Nc2ccc(Cl)c(C(F)(F)F)c2)cc1. The maximum absolute atomic E-state index is 13.1. The Morgan fingerprint density at radius 3 is 2.25 bits per heavy atom. The summed E-state index contributed by atoms with van der Waals surface area (Å²) in [7, 11) is -2.70. The predicted octanol–water partition coefficient (Wildman–Crippen LogP) is 5.96. The predicted molar refractivity (Wildman–Crippen MR) is 130 cm³/mol. The highest BCUT2D eigenvalue weighted by Gasteiger charge is 2.33. The highest BCUT2D eigenvalue weighted by atomic mass is 35.5. The molecule has 2 N–H and O–H groups in total. The molecule has 0 unspecified atom stereocenters. The Morgan fingerprint density at radius 2 is 1.64 bits per heavy atom. The van der Waals surface area contributed by atoms with Gasteiger partial charge in [-0.1, -0.05) is 24.6 Å². The number of anilines is 2. The lowest BCUT2D eigenvalue weighted by molar-refractivity contribution is -0.137. The maximum Gasteiger partial charge on any atom is 0.417 e. The van der Waals surface area contributed by atoms with Crippen molar-refractivity contribution < 1.29 is 35.9 Å². The van der Waals surface area contributed by atoms with Crippen LogP contribution in [-0.4, -0.2) is 27.5 Å².